The maximum atomic E-state index is 11.2. The van der Waals surface area contributed by atoms with Crippen LogP contribution in [-0.4, -0.2) is 11.1 Å². The van der Waals surface area contributed by atoms with Crippen LogP contribution in [0.15, 0.2) is 48.5 Å². The summed E-state index contributed by atoms with van der Waals surface area (Å²) in [6, 6.07) is 14.7. The molecule has 0 spiro atoms. The van der Waals surface area contributed by atoms with E-state index < -0.39 is 5.91 Å². The first-order valence-corrected chi connectivity index (χ1v) is 7.54. The van der Waals surface area contributed by atoms with Crippen molar-refractivity contribution in [2.24, 2.45) is 0 Å². The molecule has 0 aromatic heterocycles. The van der Waals surface area contributed by atoms with Crippen LogP contribution in [0.25, 0.3) is 0 Å². The van der Waals surface area contributed by atoms with Gasteiger partial charge in [-0.3, -0.25) is 10.0 Å². The molecular formula is C18H21NO3. The molecule has 0 bridgehead atoms. The van der Waals surface area contributed by atoms with Crippen molar-refractivity contribution in [2.45, 2.75) is 32.6 Å². The third-order valence-electron chi connectivity index (χ3n) is 3.45. The minimum atomic E-state index is -0.539. The fourth-order valence-corrected chi connectivity index (χ4v) is 2.18. The van der Waals surface area contributed by atoms with Gasteiger partial charge in [0, 0.05) is 5.56 Å². The molecule has 2 aromatic rings. The van der Waals surface area contributed by atoms with Gasteiger partial charge in [-0.25, -0.2) is 5.48 Å². The van der Waals surface area contributed by atoms with Gasteiger partial charge in [0.05, 0.1) is 0 Å². The standard InChI is InChI=1S/C18H21NO3/c1-2-3-4-5-14-6-10-16(11-7-14)22-17-12-8-15(9-13-17)18(20)19-21/h6-13,21H,2-5H2,1H3,(H,19,20). The quantitative estimate of drug-likeness (QED) is 0.454. The number of nitrogens with one attached hydrogen (secondary N) is 1. The summed E-state index contributed by atoms with van der Waals surface area (Å²) in [5, 5.41) is 8.57. The van der Waals surface area contributed by atoms with Crippen molar-refractivity contribution in [2.75, 3.05) is 0 Å². The smallest absolute Gasteiger partial charge is 0.274 e. The van der Waals surface area contributed by atoms with Crippen molar-refractivity contribution in [3.8, 4) is 11.5 Å². The second kappa shape index (κ2) is 8.20. The molecule has 0 aliphatic carbocycles. The Morgan fingerprint density at radius 1 is 1.00 bits per heavy atom. The Morgan fingerprint density at radius 3 is 2.14 bits per heavy atom. The SMILES string of the molecule is CCCCCc1ccc(Oc2ccc(C(=O)NO)cc2)cc1. The summed E-state index contributed by atoms with van der Waals surface area (Å²) in [5.74, 6) is 0.870. The summed E-state index contributed by atoms with van der Waals surface area (Å²) in [6.07, 6.45) is 4.79. The Morgan fingerprint density at radius 2 is 1.59 bits per heavy atom. The van der Waals surface area contributed by atoms with E-state index in [0.717, 1.165) is 12.2 Å². The van der Waals surface area contributed by atoms with Crippen LogP contribution in [0, 0.1) is 0 Å². The molecule has 1 amide bonds. The lowest BCUT2D eigenvalue weighted by Gasteiger charge is -2.07. The molecule has 0 saturated heterocycles. The molecule has 0 unspecified atom stereocenters. The first-order valence-electron chi connectivity index (χ1n) is 7.54. The third kappa shape index (κ3) is 4.60. The number of benzene rings is 2. The Kier molecular flexibility index (Phi) is 5.98. The highest BCUT2D eigenvalue weighted by molar-refractivity contribution is 5.93. The predicted octanol–water partition coefficient (Wildman–Crippen LogP) is 4.33. The maximum Gasteiger partial charge on any atom is 0.274 e. The first-order chi connectivity index (χ1) is 10.7. The lowest BCUT2D eigenvalue weighted by molar-refractivity contribution is 0.0706. The van der Waals surface area contributed by atoms with Gasteiger partial charge >= 0.3 is 0 Å². The van der Waals surface area contributed by atoms with Crippen molar-refractivity contribution in [1.29, 1.82) is 0 Å². The highest BCUT2D eigenvalue weighted by Gasteiger charge is 2.04. The summed E-state index contributed by atoms with van der Waals surface area (Å²) in [5.41, 5.74) is 3.29. The molecule has 2 N–H and O–H groups in total. The molecule has 116 valence electrons. The predicted molar refractivity (Wildman–Crippen MR) is 85.4 cm³/mol. The van der Waals surface area contributed by atoms with Gasteiger partial charge in [0.15, 0.2) is 0 Å². The minimum absolute atomic E-state index is 0.376. The van der Waals surface area contributed by atoms with Gasteiger partial charge in [0.1, 0.15) is 11.5 Å². The number of hydrogen-bond donors (Lipinski definition) is 2. The number of ether oxygens (including phenoxy) is 1. The normalized spacial score (nSPS) is 10.3. The Labute approximate surface area is 130 Å². The molecule has 2 aromatic carbocycles. The van der Waals surface area contributed by atoms with E-state index in [1.54, 1.807) is 29.7 Å². The lowest BCUT2D eigenvalue weighted by Crippen LogP contribution is -2.18. The van der Waals surface area contributed by atoms with Crippen molar-refractivity contribution >= 4 is 5.91 Å². The van der Waals surface area contributed by atoms with Crippen molar-refractivity contribution in [3.63, 3.8) is 0 Å². The van der Waals surface area contributed by atoms with Gasteiger partial charge in [-0.1, -0.05) is 31.9 Å². The summed E-state index contributed by atoms with van der Waals surface area (Å²) < 4.78 is 5.73. The number of hydrogen-bond acceptors (Lipinski definition) is 3. The number of rotatable bonds is 7. The van der Waals surface area contributed by atoms with E-state index in [1.807, 2.05) is 12.1 Å². The largest absolute Gasteiger partial charge is 0.457 e. The molecule has 0 atom stereocenters. The monoisotopic (exact) mass is 299 g/mol. The van der Waals surface area contributed by atoms with Gasteiger partial charge in [-0.2, -0.15) is 0 Å². The minimum Gasteiger partial charge on any atom is -0.457 e. The molecule has 0 radical (unpaired) electrons. The molecule has 22 heavy (non-hydrogen) atoms. The molecule has 2 rings (SSSR count). The average Bonchev–Trinajstić information content (AvgIpc) is 2.57. The molecule has 4 heteroatoms. The summed E-state index contributed by atoms with van der Waals surface area (Å²) >= 11 is 0. The topological polar surface area (TPSA) is 58.6 Å². The number of hydroxylamine groups is 1. The molecular weight excluding hydrogens is 278 g/mol. The van der Waals surface area contributed by atoms with Crippen LogP contribution in [0.1, 0.15) is 42.1 Å². The van der Waals surface area contributed by atoms with E-state index in [1.165, 1.54) is 24.8 Å². The van der Waals surface area contributed by atoms with E-state index in [9.17, 15) is 4.79 Å². The number of carbonyl (C=O) groups excluding carboxylic acids is 1. The van der Waals surface area contributed by atoms with Crippen LogP contribution in [0.2, 0.25) is 0 Å². The summed E-state index contributed by atoms with van der Waals surface area (Å²) in [4.78, 5) is 11.2. The van der Waals surface area contributed by atoms with E-state index >= 15 is 0 Å². The molecule has 0 fully saturated rings. The number of unbranched alkanes of at least 4 members (excludes halogenated alkanes) is 2. The van der Waals surface area contributed by atoms with E-state index in [-0.39, 0.29) is 0 Å². The zero-order valence-electron chi connectivity index (χ0n) is 12.7. The van der Waals surface area contributed by atoms with Gasteiger partial charge in [0.2, 0.25) is 0 Å². The van der Waals surface area contributed by atoms with Crippen LogP contribution < -0.4 is 10.2 Å². The number of carbonyl (C=O) groups is 1. The highest BCUT2D eigenvalue weighted by atomic mass is 16.5. The van der Waals surface area contributed by atoms with Crippen LogP contribution >= 0.6 is 0 Å². The Balaban J connectivity index is 1.94. The number of aryl methyl sites for hydroxylation is 1. The molecule has 0 aliphatic rings. The van der Waals surface area contributed by atoms with Crippen LogP contribution in [0.5, 0.6) is 11.5 Å². The summed E-state index contributed by atoms with van der Waals surface area (Å²) in [7, 11) is 0. The number of amides is 1. The van der Waals surface area contributed by atoms with E-state index in [2.05, 4.69) is 19.1 Å². The second-order valence-corrected chi connectivity index (χ2v) is 5.17. The van der Waals surface area contributed by atoms with Gasteiger partial charge in [-0.15, -0.1) is 0 Å². The fraction of sp³-hybridized carbons (Fsp3) is 0.278. The third-order valence-corrected chi connectivity index (χ3v) is 3.45. The van der Waals surface area contributed by atoms with E-state index in [0.29, 0.717) is 11.3 Å². The van der Waals surface area contributed by atoms with Crippen molar-refractivity contribution in [1.82, 2.24) is 5.48 Å². The van der Waals surface area contributed by atoms with Crippen molar-refractivity contribution in [3.05, 3.63) is 59.7 Å². The average molecular weight is 299 g/mol. The van der Waals surface area contributed by atoms with Crippen LogP contribution in [-0.2, 0) is 6.42 Å². The molecule has 0 aliphatic heterocycles. The van der Waals surface area contributed by atoms with Gasteiger partial charge < -0.3 is 4.74 Å². The van der Waals surface area contributed by atoms with Crippen molar-refractivity contribution < 1.29 is 14.7 Å². The molecule has 0 saturated carbocycles. The second-order valence-electron chi connectivity index (χ2n) is 5.17. The van der Waals surface area contributed by atoms with E-state index in [4.69, 9.17) is 9.94 Å². The maximum absolute atomic E-state index is 11.2. The lowest BCUT2D eigenvalue weighted by atomic mass is 10.1. The molecule has 0 heterocycles. The van der Waals surface area contributed by atoms with Crippen LogP contribution in [0.3, 0.4) is 0 Å². The zero-order valence-corrected chi connectivity index (χ0v) is 12.7. The Bertz CT molecular complexity index is 591. The fourth-order valence-electron chi connectivity index (χ4n) is 2.18. The van der Waals surface area contributed by atoms with Crippen LogP contribution in [0.4, 0.5) is 0 Å². The molecule has 4 nitrogen and oxygen atoms in total. The highest BCUT2D eigenvalue weighted by Crippen LogP contribution is 2.22. The first kappa shape index (κ1) is 16.0. The Hall–Kier alpha value is -2.33. The zero-order chi connectivity index (χ0) is 15.8. The van der Waals surface area contributed by atoms with Gasteiger partial charge in [0.25, 0.3) is 5.91 Å². The summed E-state index contributed by atoms with van der Waals surface area (Å²) in [6.45, 7) is 2.20. The van der Waals surface area contributed by atoms with Gasteiger partial charge in [-0.05, 0) is 54.8 Å².